The average Bonchev–Trinajstić information content (AvgIpc) is 2.57. The number of nitrogens with one attached hydrogen (secondary N) is 1. The maximum Gasteiger partial charge on any atom is 0.243 e. The number of piperidine rings is 1. The SMILES string of the molecule is CN(C)CCNC(=O)C1CCN(S(=O)(=O)c2ccc(F)c(F)c2)CC1. The minimum Gasteiger partial charge on any atom is -0.355 e. The van der Waals surface area contributed by atoms with Crippen LogP contribution in [0.2, 0.25) is 0 Å². The van der Waals surface area contributed by atoms with Gasteiger partial charge in [0, 0.05) is 32.1 Å². The first-order valence-corrected chi connectivity index (χ1v) is 9.53. The van der Waals surface area contributed by atoms with E-state index in [1.807, 2.05) is 19.0 Å². The molecule has 1 heterocycles. The lowest BCUT2D eigenvalue weighted by molar-refractivity contribution is -0.126. The van der Waals surface area contributed by atoms with Gasteiger partial charge in [0.1, 0.15) is 0 Å². The molecule has 0 aliphatic carbocycles. The Morgan fingerprint density at radius 2 is 1.88 bits per heavy atom. The lowest BCUT2D eigenvalue weighted by Crippen LogP contribution is -2.43. The number of hydrogen-bond acceptors (Lipinski definition) is 4. The van der Waals surface area contributed by atoms with Crippen molar-refractivity contribution in [3.05, 3.63) is 29.8 Å². The summed E-state index contributed by atoms with van der Waals surface area (Å²) in [5, 5.41) is 2.84. The van der Waals surface area contributed by atoms with Gasteiger partial charge < -0.3 is 10.2 Å². The maximum absolute atomic E-state index is 13.3. The number of sulfonamides is 1. The predicted octanol–water partition coefficient (Wildman–Crippen LogP) is 1.04. The van der Waals surface area contributed by atoms with E-state index in [-0.39, 0.29) is 29.8 Å². The largest absolute Gasteiger partial charge is 0.355 e. The van der Waals surface area contributed by atoms with Crippen LogP contribution in [0.5, 0.6) is 0 Å². The molecule has 25 heavy (non-hydrogen) atoms. The third kappa shape index (κ3) is 4.96. The summed E-state index contributed by atoms with van der Waals surface area (Å²) in [5.41, 5.74) is 0. The predicted molar refractivity (Wildman–Crippen MR) is 89.4 cm³/mol. The zero-order chi connectivity index (χ0) is 18.6. The van der Waals surface area contributed by atoms with E-state index in [0.29, 0.717) is 25.5 Å². The molecule has 0 radical (unpaired) electrons. The number of halogens is 2. The van der Waals surface area contributed by atoms with Crippen molar-refractivity contribution in [3.63, 3.8) is 0 Å². The first-order chi connectivity index (χ1) is 11.7. The molecule has 1 fully saturated rings. The van der Waals surface area contributed by atoms with Crippen LogP contribution in [-0.2, 0) is 14.8 Å². The molecule has 1 aliphatic heterocycles. The Morgan fingerprint density at radius 1 is 1.24 bits per heavy atom. The second kappa shape index (κ2) is 8.20. The van der Waals surface area contributed by atoms with E-state index in [4.69, 9.17) is 0 Å². The van der Waals surface area contributed by atoms with Crippen molar-refractivity contribution in [2.24, 2.45) is 5.92 Å². The third-order valence-corrected chi connectivity index (χ3v) is 6.11. The van der Waals surface area contributed by atoms with Crippen molar-refractivity contribution in [2.45, 2.75) is 17.7 Å². The summed E-state index contributed by atoms with van der Waals surface area (Å²) in [6.07, 6.45) is 0.799. The molecule has 0 spiro atoms. The molecule has 6 nitrogen and oxygen atoms in total. The van der Waals surface area contributed by atoms with E-state index in [1.54, 1.807) is 0 Å². The van der Waals surface area contributed by atoms with Crippen LogP contribution in [0, 0.1) is 17.6 Å². The third-order valence-electron chi connectivity index (χ3n) is 4.21. The summed E-state index contributed by atoms with van der Waals surface area (Å²) >= 11 is 0. The van der Waals surface area contributed by atoms with E-state index < -0.39 is 21.7 Å². The van der Waals surface area contributed by atoms with E-state index in [2.05, 4.69) is 5.32 Å². The number of benzene rings is 1. The van der Waals surface area contributed by atoms with Crippen molar-refractivity contribution in [1.82, 2.24) is 14.5 Å². The summed E-state index contributed by atoms with van der Waals surface area (Å²) in [5.74, 6) is -2.60. The van der Waals surface area contributed by atoms with Gasteiger partial charge in [-0.15, -0.1) is 0 Å². The molecule has 9 heteroatoms. The number of nitrogens with zero attached hydrogens (tertiary/aromatic N) is 2. The average molecular weight is 375 g/mol. The Morgan fingerprint density at radius 3 is 2.44 bits per heavy atom. The van der Waals surface area contributed by atoms with Gasteiger partial charge in [-0.05, 0) is 45.1 Å². The fourth-order valence-corrected chi connectivity index (χ4v) is 4.17. The summed E-state index contributed by atoms with van der Waals surface area (Å²) in [7, 11) is -0.0693. The molecular weight excluding hydrogens is 352 g/mol. The molecule has 140 valence electrons. The van der Waals surface area contributed by atoms with Gasteiger partial charge in [0.25, 0.3) is 0 Å². The minimum atomic E-state index is -3.89. The Hall–Kier alpha value is -1.58. The number of carbonyl (C=O) groups excluding carboxylic acids is 1. The number of likely N-dealkylation sites (N-methyl/N-ethyl adjacent to an activating group) is 1. The molecule has 0 aromatic heterocycles. The molecule has 1 N–H and O–H groups in total. The van der Waals surface area contributed by atoms with Crippen LogP contribution in [0.25, 0.3) is 0 Å². The highest BCUT2D eigenvalue weighted by atomic mass is 32.2. The van der Waals surface area contributed by atoms with Crippen LogP contribution in [0.1, 0.15) is 12.8 Å². The molecule has 1 aliphatic rings. The standard InChI is InChI=1S/C16H23F2N3O3S/c1-20(2)10-7-19-16(22)12-5-8-21(9-6-12)25(23,24)13-3-4-14(17)15(18)11-13/h3-4,11-12H,5-10H2,1-2H3,(H,19,22). The smallest absolute Gasteiger partial charge is 0.243 e. The molecular formula is C16H23F2N3O3S. The molecule has 2 rings (SSSR count). The molecule has 0 unspecified atom stereocenters. The summed E-state index contributed by atoms with van der Waals surface area (Å²) in [6.45, 7) is 1.62. The molecule has 0 bridgehead atoms. The zero-order valence-corrected chi connectivity index (χ0v) is 15.2. The van der Waals surface area contributed by atoms with Gasteiger partial charge in [0.05, 0.1) is 4.90 Å². The molecule has 0 atom stereocenters. The number of hydrogen-bond donors (Lipinski definition) is 1. The highest BCUT2D eigenvalue weighted by molar-refractivity contribution is 7.89. The normalized spacial score (nSPS) is 17.0. The van der Waals surface area contributed by atoms with Crippen molar-refractivity contribution >= 4 is 15.9 Å². The molecule has 1 amide bonds. The van der Waals surface area contributed by atoms with Crippen molar-refractivity contribution in [3.8, 4) is 0 Å². The second-order valence-corrected chi connectivity index (χ2v) is 8.29. The number of carbonyl (C=O) groups is 1. The fraction of sp³-hybridized carbons (Fsp3) is 0.562. The van der Waals surface area contributed by atoms with E-state index in [1.165, 1.54) is 4.31 Å². The van der Waals surface area contributed by atoms with Gasteiger partial charge in [0.2, 0.25) is 15.9 Å². The molecule has 0 saturated carbocycles. The zero-order valence-electron chi connectivity index (χ0n) is 14.3. The molecule has 1 aromatic rings. The quantitative estimate of drug-likeness (QED) is 0.807. The first-order valence-electron chi connectivity index (χ1n) is 8.09. The van der Waals surface area contributed by atoms with E-state index in [9.17, 15) is 22.0 Å². The van der Waals surface area contributed by atoms with Crippen LogP contribution in [0.15, 0.2) is 23.1 Å². The minimum absolute atomic E-state index is 0.0771. The summed E-state index contributed by atoms with van der Waals surface area (Å²) in [4.78, 5) is 13.8. The van der Waals surface area contributed by atoms with Crippen LogP contribution in [0.4, 0.5) is 8.78 Å². The van der Waals surface area contributed by atoms with Crippen molar-refractivity contribution in [2.75, 3.05) is 40.3 Å². The fourth-order valence-electron chi connectivity index (χ4n) is 2.69. The van der Waals surface area contributed by atoms with Gasteiger partial charge in [0.15, 0.2) is 11.6 Å². The Bertz CT molecular complexity index is 717. The number of amides is 1. The molecule has 1 saturated heterocycles. The van der Waals surface area contributed by atoms with Gasteiger partial charge >= 0.3 is 0 Å². The summed E-state index contributed by atoms with van der Waals surface area (Å²) in [6, 6.07) is 2.53. The van der Waals surface area contributed by atoms with Crippen molar-refractivity contribution < 1.29 is 22.0 Å². The Kier molecular flexibility index (Phi) is 6.47. The topological polar surface area (TPSA) is 69.7 Å². The summed E-state index contributed by atoms with van der Waals surface area (Å²) < 4.78 is 52.5. The van der Waals surface area contributed by atoms with Crippen LogP contribution >= 0.6 is 0 Å². The van der Waals surface area contributed by atoms with Gasteiger partial charge in [-0.25, -0.2) is 17.2 Å². The molecule has 1 aromatic carbocycles. The Balaban J connectivity index is 1.94. The van der Waals surface area contributed by atoms with Crippen LogP contribution in [0.3, 0.4) is 0 Å². The second-order valence-electron chi connectivity index (χ2n) is 6.35. The van der Waals surface area contributed by atoms with Crippen LogP contribution in [-0.4, -0.2) is 63.8 Å². The van der Waals surface area contributed by atoms with Gasteiger partial charge in [-0.1, -0.05) is 0 Å². The lowest BCUT2D eigenvalue weighted by Gasteiger charge is -2.30. The Labute approximate surface area is 146 Å². The van der Waals surface area contributed by atoms with Crippen LogP contribution < -0.4 is 5.32 Å². The lowest BCUT2D eigenvalue weighted by atomic mass is 9.97. The first kappa shape index (κ1) is 19.7. The highest BCUT2D eigenvalue weighted by Crippen LogP contribution is 2.24. The van der Waals surface area contributed by atoms with Gasteiger partial charge in [-0.2, -0.15) is 4.31 Å². The number of rotatable bonds is 6. The van der Waals surface area contributed by atoms with Crippen molar-refractivity contribution in [1.29, 1.82) is 0 Å². The van der Waals surface area contributed by atoms with E-state index >= 15 is 0 Å². The highest BCUT2D eigenvalue weighted by Gasteiger charge is 2.32. The van der Waals surface area contributed by atoms with E-state index in [0.717, 1.165) is 18.7 Å². The van der Waals surface area contributed by atoms with Gasteiger partial charge in [-0.3, -0.25) is 4.79 Å². The monoisotopic (exact) mass is 375 g/mol. The maximum atomic E-state index is 13.3.